The van der Waals surface area contributed by atoms with Crippen molar-refractivity contribution in [2.75, 3.05) is 79.5 Å². The van der Waals surface area contributed by atoms with Crippen molar-refractivity contribution in [2.45, 2.75) is 52.6 Å². The first-order valence-corrected chi connectivity index (χ1v) is 12.1. The minimum absolute atomic E-state index is 0.199. The van der Waals surface area contributed by atoms with E-state index in [0.717, 1.165) is 64.6 Å². The highest BCUT2D eigenvalue weighted by atomic mass is 16.6. The molecule has 0 aromatic heterocycles. The zero-order chi connectivity index (χ0) is 22.9. The Bertz CT molecular complexity index is 569. The van der Waals surface area contributed by atoms with Crippen LogP contribution in [0.4, 0.5) is 4.79 Å². The van der Waals surface area contributed by atoms with Gasteiger partial charge in [0.15, 0.2) is 5.96 Å². The van der Waals surface area contributed by atoms with Gasteiger partial charge in [0.05, 0.1) is 0 Å². The smallest absolute Gasteiger partial charge is 0.410 e. The average molecular weight is 439 g/mol. The van der Waals surface area contributed by atoms with Gasteiger partial charge in [-0.1, -0.05) is 0 Å². The van der Waals surface area contributed by atoms with E-state index < -0.39 is 5.60 Å². The summed E-state index contributed by atoms with van der Waals surface area (Å²) in [6.07, 6.45) is 3.18. The van der Waals surface area contributed by atoms with Gasteiger partial charge < -0.3 is 29.7 Å². The third-order valence-electron chi connectivity index (χ3n) is 6.16. The van der Waals surface area contributed by atoms with Gasteiger partial charge in [0, 0.05) is 59.4 Å². The lowest BCUT2D eigenvalue weighted by Gasteiger charge is -2.36. The molecule has 180 valence electrons. The maximum atomic E-state index is 12.4. The van der Waals surface area contributed by atoms with Crippen LogP contribution in [-0.2, 0) is 4.74 Å². The molecule has 8 heteroatoms. The Balaban J connectivity index is 1.72. The molecule has 8 nitrogen and oxygen atoms in total. The van der Waals surface area contributed by atoms with Gasteiger partial charge in [0.1, 0.15) is 5.60 Å². The van der Waals surface area contributed by atoms with E-state index in [2.05, 4.69) is 32.1 Å². The lowest BCUT2D eigenvalue weighted by Crippen LogP contribution is -2.49. The largest absolute Gasteiger partial charge is 0.444 e. The summed E-state index contributed by atoms with van der Waals surface area (Å²) >= 11 is 0. The second-order valence-corrected chi connectivity index (χ2v) is 9.92. The van der Waals surface area contributed by atoms with Crippen LogP contribution in [0.3, 0.4) is 0 Å². The zero-order valence-corrected chi connectivity index (χ0v) is 20.8. The number of hydrogen-bond acceptors (Lipinski definition) is 5. The van der Waals surface area contributed by atoms with Crippen LogP contribution in [0.15, 0.2) is 4.99 Å². The number of carbonyl (C=O) groups is 1. The van der Waals surface area contributed by atoms with Gasteiger partial charge in [-0.05, 0) is 73.0 Å². The Hall–Kier alpha value is -1.54. The van der Waals surface area contributed by atoms with Crippen molar-refractivity contribution < 1.29 is 9.53 Å². The molecule has 1 N–H and O–H groups in total. The molecule has 2 aliphatic heterocycles. The standard InChI is InChI=1S/C23H46N6O2/c1-7-28(22(30)31-23(2,3)4)19-20-9-14-29(15-10-20)21(24-5)25-11-16-27-13-8-12-26(6)17-18-27/h20H,7-19H2,1-6H3,(H,24,25). The van der Waals surface area contributed by atoms with Crippen molar-refractivity contribution in [3.63, 3.8) is 0 Å². The number of nitrogens with zero attached hydrogens (tertiary/aromatic N) is 5. The number of ether oxygens (including phenoxy) is 1. The van der Waals surface area contributed by atoms with Crippen molar-refractivity contribution in [3.05, 3.63) is 0 Å². The van der Waals surface area contributed by atoms with Crippen LogP contribution in [0.5, 0.6) is 0 Å². The Morgan fingerprint density at radius 2 is 1.84 bits per heavy atom. The van der Waals surface area contributed by atoms with E-state index in [9.17, 15) is 4.79 Å². The number of amides is 1. The summed E-state index contributed by atoms with van der Waals surface area (Å²) in [7, 11) is 4.08. The van der Waals surface area contributed by atoms with Gasteiger partial charge in [-0.2, -0.15) is 0 Å². The Morgan fingerprint density at radius 1 is 1.13 bits per heavy atom. The second-order valence-electron chi connectivity index (χ2n) is 9.92. The molecule has 0 bridgehead atoms. The first-order chi connectivity index (χ1) is 14.7. The fourth-order valence-electron chi connectivity index (χ4n) is 4.28. The first-order valence-electron chi connectivity index (χ1n) is 12.1. The quantitative estimate of drug-likeness (QED) is 0.507. The second kappa shape index (κ2) is 12.5. The molecule has 0 saturated carbocycles. The van der Waals surface area contributed by atoms with Crippen molar-refractivity contribution in [1.29, 1.82) is 0 Å². The van der Waals surface area contributed by atoms with E-state index in [1.165, 1.54) is 19.5 Å². The van der Waals surface area contributed by atoms with Crippen LogP contribution in [-0.4, -0.2) is 117 Å². The summed E-state index contributed by atoms with van der Waals surface area (Å²) in [4.78, 5) is 26.1. The normalized spacial score (nSPS) is 20.5. The fraction of sp³-hybridized carbons (Fsp3) is 0.913. The van der Waals surface area contributed by atoms with E-state index in [4.69, 9.17) is 4.74 Å². The number of rotatable bonds is 6. The van der Waals surface area contributed by atoms with E-state index in [-0.39, 0.29) is 6.09 Å². The number of hydrogen-bond donors (Lipinski definition) is 1. The molecule has 2 fully saturated rings. The van der Waals surface area contributed by atoms with Crippen molar-refractivity contribution in [1.82, 2.24) is 24.9 Å². The highest BCUT2D eigenvalue weighted by Crippen LogP contribution is 2.20. The summed E-state index contributed by atoms with van der Waals surface area (Å²) in [5.41, 5.74) is -0.449. The zero-order valence-electron chi connectivity index (χ0n) is 20.8. The maximum absolute atomic E-state index is 12.4. The molecule has 0 atom stereocenters. The van der Waals surface area contributed by atoms with E-state index >= 15 is 0 Å². The summed E-state index contributed by atoms with van der Waals surface area (Å²) in [5, 5.41) is 3.56. The molecule has 0 unspecified atom stereocenters. The van der Waals surface area contributed by atoms with Crippen molar-refractivity contribution in [3.8, 4) is 0 Å². The molecule has 2 aliphatic rings. The van der Waals surface area contributed by atoms with E-state index in [0.29, 0.717) is 12.5 Å². The van der Waals surface area contributed by atoms with Gasteiger partial charge in [0.25, 0.3) is 0 Å². The maximum Gasteiger partial charge on any atom is 0.410 e. The highest BCUT2D eigenvalue weighted by Gasteiger charge is 2.27. The summed E-state index contributed by atoms with van der Waals surface area (Å²) in [6, 6.07) is 0. The Labute approximate surface area is 190 Å². The Morgan fingerprint density at radius 3 is 2.45 bits per heavy atom. The number of piperidine rings is 1. The molecular weight excluding hydrogens is 392 g/mol. The minimum Gasteiger partial charge on any atom is -0.444 e. The third-order valence-corrected chi connectivity index (χ3v) is 6.16. The number of guanidine groups is 1. The molecule has 0 spiro atoms. The lowest BCUT2D eigenvalue weighted by atomic mass is 9.96. The van der Waals surface area contributed by atoms with E-state index in [1.807, 2.05) is 39.6 Å². The molecule has 2 heterocycles. The van der Waals surface area contributed by atoms with Crippen LogP contribution in [0, 0.1) is 5.92 Å². The van der Waals surface area contributed by atoms with Crippen molar-refractivity contribution >= 4 is 12.1 Å². The highest BCUT2D eigenvalue weighted by molar-refractivity contribution is 5.79. The summed E-state index contributed by atoms with van der Waals surface area (Å²) in [6.45, 7) is 17.9. The minimum atomic E-state index is -0.449. The Kier molecular flexibility index (Phi) is 10.4. The lowest BCUT2D eigenvalue weighted by molar-refractivity contribution is 0.0214. The number of aliphatic imine (C=N–C) groups is 1. The van der Waals surface area contributed by atoms with Gasteiger partial charge >= 0.3 is 6.09 Å². The fourth-order valence-corrected chi connectivity index (χ4v) is 4.28. The average Bonchev–Trinajstić information content (AvgIpc) is 2.93. The first kappa shape index (κ1) is 25.7. The number of likely N-dealkylation sites (tertiary alicyclic amines) is 1. The number of carbonyl (C=O) groups excluding carboxylic acids is 1. The SMILES string of the molecule is CCN(CC1CCN(C(=NC)NCCN2CCCN(C)CC2)CC1)C(=O)OC(C)(C)C. The van der Waals surface area contributed by atoms with Gasteiger partial charge in [-0.15, -0.1) is 0 Å². The molecule has 0 radical (unpaired) electrons. The monoisotopic (exact) mass is 438 g/mol. The third kappa shape index (κ3) is 9.23. The molecule has 31 heavy (non-hydrogen) atoms. The topological polar surface area (TPSA) is 63.7 Å². The predicted octanol–water partition coefficient (Wildman–Crippen LogP) is 2.17. The van der Waals surface area contributed by atoms with Gasteiger partial charge in [0.2, 0.25) is 0 Å². The van der Waals surface area contributed by atoms with Crippen LogP contribution in [0.25, 0.3) is 0 Å². The molecule has 0 aromatic carbocycles. The number of likely N-dealkylation sites (N-methyl/N-ethyl adjacent to an activating group) is 1. The van der Waals surface area contributed by atoms with Crippen molar-refractivity contribution in [2.24, 2.45) is 10.9 Å². The summed E-state index contributed by atoms with van der Waals surface area (Å²) < 4.78 is 5.56. The molecule has 2 rings (SSSR count). The summed E-state index contributed by atoms with van der Waals surface area (Å²) in [5.74, 6) is 1.51. The molecule has 1 amide bonds. The van der Waals surface area contributed by atoms with Crippen LogP contribution < -0.4 is 5.32 Å². The van der Waals surface area contributed by atoms with Gasteiger partial charge in [-0.25, -0.2) is 4.79 Å². The molecular formula is C23H46N6O2. The molecule has 2 saturated heterocycles. The van der Waals surface area contributed by atoms with Crippen LogP contribution >= 0.6 is 0 Å². The van der Waals surface area contributed by atoms with Crippen LogP contribution in [0.2, 0.25) is 0 Å². The predicted molar refractivity (Wildman–Crippen MR) is 128 cm³/mol. The van der Waals surface area contributed by atoms with Gasteiger partial charge in [-0.3, -0.25) is 4.99 Å². The number of nitrogens with one attached hydrogen (secondary N) is 1. The molecule has 0 aromatic rings. The van der Waals surface area contributed by atoms with Crippen LogP contribution in [0.1, 0.15) is 47.0 Å². The molecule has 0 aliphatic carbocycles. The van der Waals surface area contributed by atoms with E-state index in [1.54, 1.807) is 0 Å².